The number of nitrogens with one attached hydrogen (secondary N) is 1. The third-order valence-electron chi connectivity index (χ3n) is 3.17. The number of hydrogen-bond acceptors (Lipinski definition) is 3. The molecule has 0 spiro atoms. The first-order chi connectivity index (χ1) is 10.4. The predicted octanol–water partition coefficient (Wildman–Crippen LogP) is 2.10. The average molecular weight is 322 g/mol. The molecular formula is C15H16ClN3O3. The highest BCUT2D eigenvalue weighted by atomic mass is 35.5. The molecule has 1 heterocycles. The molecule has 7 heteroatoms. The topological polar surface area (TPSA) is 84.2 Å². The van der Waals surface area contributed by atoms with Crippen LogP contribution >= 0.6 is 11.6 Å². The van der Waals surface area contributed by atoms with E-state index in [2.05, 4.69) is 10.4 Å². The molecule has 0 saturated carbocycles. The standard InChI is InChI=1S/C15H16ClN3O3/c1-9-7-10(2)19(18-9)8-13(20)17-14(15(21)22)11-5-3-4-6-12(11)16/h3-7,14H,8H2,1-2H3,(H,17,20)(H,21,22)/t14-/m0/s1. The van der Waals surface area contributed by atoms with E-state index in [1.54, 1.807) is 24.3 Å². The van der Waals surface area contributed by atoms with Crippen molar-refractivity contribution in [1.29, 1.82) is 0 Å². The molecule has 22 heavy (non-hydrogen) atoms. The number of amides is 1. The van der Waals surface area contributed by atoms with Gasteiger partial charge in [-0.05, 0) is 26.0 Å². The normalized spacial score (nSPS) is 12.0. The monoisotopic (exact) mass is 321 g/mol. The largest absolute Gasteiger partial charge is 0.479 e. The highest BCUT2D eigenvalue weighted by Gasteiger charge is 2.24. The van der Waals surface area contributed by atoms with Crippen molar-refractivity contribution in [2.24, 2.45) is 0 Å². The zero-order valence-electron chi connectivity index (χ0n) is 12.2. The number of rotatable bonds is 5. The molecule has 2 N–H and O–H groups in total. The van der Waals surface area contributed by atoms with Gasteiger partial charge in [0.2, 0.25) is 5.91 Å². The molecule has 1 amide bonds. The quantitative estimate of drug-likeness (QED) is 0.883. The van der Waals surface area contributed by atoms with E-state index in [0.29, 0.717) is 10.6 Å². The molecule has 116 valence electrons. The maximum absolute atomic E-state index is 12.1. The lowest BCUT2D eigenvalue weighted by Crippen LogP contribution is -2.36. The van der Waals surface area contributed by atoms with Gasteiger partial charge in [0.25, 0.3) is 0 Å². The number of nitrogens with zero attached hydrogens (tertiary/aromatic N) is 2. The Morgan fingerprint density at radius 2 is 2.05 bits per heavy atom. The second-order valence-electron chi connectivity index (χ2n) is 4.95. The Bertz CT molecular complexity index is 712. The van der Waals surface area contributed by atoms with Crippen molar-refractivity contribution in [1.82, 2.24) is 15.1 Å². The van der Waals surface area contributed by atoms with Crippen LogP contribution in [-0.4, -0.2) is 26.8 Å². The summed E-state index contributed by atoms with van der Waals surface area (Å²) in [7, 11) is 0. The van der Waals surface area contributed by atoms with Crippen molar-refractivity contribution in [3.8, 4) is 0 Å². The van der Waals surface area contributed by atoms with Crippen LogP contribution in [0.3, 0.4) is 0 Å². The number of hydrogen-bond donors (Lipinski definition) is 2. The Morgan fingerprint density at radius 1 is 1.36 bits per heavy atom. The van der Waals surface area contributed by atoms with Crippen LogP contribution in [-0.2, 0) is 16.1 Å². The summed E-state index contributed by atoms with van der Waals surface area (Å²) in [6.07, 6.45) is 0. The lowest BCUT2D eigenvalue weighted by molar-refractivity contribution is -0.142. The third kappa shape index (κ3) is 3.65. The second-order valence-corrected chi connectivity index (χ2v) is 5.35. The number of carboxylic acid groups (broad SMARTS) is 1. The van der Waals surface area contributed by atoms with Gasteiger partial charge in [0, 0.05) is 16.3 Å². The Balaban J connectivity index is 2.15. The first-order valence-corrected chi connectivity index (χ1v) is 7.04. The van der Waals surface area contributed by atoms with Gasteiger partial charge in [-0.2, -0.15) is 5.10 Å². The predicted molar refractivity (Wildman–Crippen MR) is 81.7 cm³/mol. The molecular weight excluding hydrogens is 306 g/mol. The van der Waals surface area contributed by atoms with Crippen molar-refractivity contribution in [2.75, 3.05) is 0 Å². The van der Waals surface area contributed by atoms with E-state index in [9.17, 15) is 14.7 Å². The number of halogens is 1. The fourth-order valence-electron chi connectivity index (χ4n) is 2.16. The number of aryl methyl sites for hydroxylation is 2. The van der Waals surface area contributed by atoms with Crippen LogP contribution < -0.4 is 5.32 Å². The van der Waals surface area contributed by atoms with Crippen molar-refractivity contribution in [2.45, 2.75) is 26.4 Å². The summed E-state index contributed by atoms with van der Waals surface area (Å²) in [5, 5.41) is 16.3. The van der Waals surface area contributed by atoms with Crippen LogP contribution in [0.15, 0.2) is 30.3 Å². The fourth-order valence-corrected chi connectivity index (χ4v) is 2.40. The zero-order valence-corrected chi connectivity index (χ0v) is 13.0. The van der Waals surface area contributed by atoms with Crippen LogP contribution in [0.25, 0.3) is 0 Å². The van der Waals surface area contributed by atoms with Crippen molar-refractivity contribution < 1.29 is 14.7 Å². The van der Waals surface area contributed by atoms with E-state index in [-0.39, 0.29) is 6.54 Å². The molecule has 2 rings (SSSR count). The molecule has 6 nitrogen and oxygen atoms in total. The summed E-state index contributed by atoms with van der Waals surface area (Å²) >= 11 is 6.00. The van der Waals surface area contributed by atoms with Gasteiger partial charge in [-0.25, -0.2) is 4.79 Å². The molecule has 0 aliphatic rings. The Kier molecular flexibility index (Phi) is 4.82. The van der Waals surface area contributed by atoms with Gasteiger partial charge in [-0.15, -0.1) is 0 Å². The van der Waals surface area contributed by atoms with Crippen LogP contribution in [0.1, 0.15) is 23.0 Å². The van der Waals surface area contributed by atoms with Gasteiger partial charge in [0.15, 0.2) is 6.04 Å². The number of carboxylic acids is 1. The molecule has 0 aliphatic carbocycles. The molecule has 0 aliphatic heterocycles. The van der Waals surface area contributed by atoms with E-state index in [1.165, 1.54) is 4.68 Å². The minimum atomic E-state index is -1.20. The van der Waals surface area contributed by atoms with E-state index >= 15 is 0 Å². The van der Waals surface area contributed by atoms with Crippen molar-refractivity contribution in [3.05, 3.63) is 52.3 Å². The van der Waals surface area contributed by atoms with E-state index in [4.69, 9.17) is 11.6 Å². The summed E-state index contributed by atoms with van der Waals surface area (Å²) in [5.74, 6) is -1.62. The van der Waals surface area contributed by atoms with Gasteiger partial charge in [-0.3, -0.25) is 9.48 Å². The van der Waals surface area contributed by atoms with Gasteiger partial charge >= 0.3 is 5.97 Å². The number of benzene rings is 1. The summed E-state index contributed by atoms with van der Waals surface area (Å²) in [6.45, 7) is 3.61. The molecule has 0 saturated heterocycles. The smallest absolute Gasteiger partial charge is 0.330 e. The minimum Gasteiger partial charge on any atom is -0.479 e. The summed E-state index contributed by atoms with van der Waals surface area (Å²) in [5.41, 5.74) is 1.97. The lowest BCUT2D eigenvalue weighted by atomic mass is 10.1. The highest BCUT2D eigenvalue weighted by Crippen LogP contribution is 2.22. The van der Waals surface area contributed by atoms with Gasteiger partial charge in [0.1, 0.15) is 6.54 Å². The van der Waals surface area contributed by atoms with E-state index < -0.39 is 17.9 Å². The Labute approximate surface area is 132 Å². The second kappa shape index (κ2) is 6.62. The van der Waals surface area contributed by atoms with Crippen LogP contribution in [0.5, 0.6) is 0 Å². The maximum atomic E-state index is 12.1. The SMILES string of the molecule is Cc1cc(C)n(CC(=O)N[C@H](C(=O)O)c2ccccc2Cl)n1. The van der Waals surface area contributed by atoms with Crippen molar-refractivity contribution in [3.63, 3.8) is 0 Å². The molecule has 0 fully saturated rings. The molecule has 0 bridgehead atoms. The summed E-state index contributed by atoms with van der Waals surface area (Å²) < 4.78 is 1.52. The summed E-state index contributed by atoms with van der Waals surface area (Å²) in [6, 6.07) is 7.17. The van der Waals surface area contributed by atoms with Crippen LogP contribution in [0, 0.1) is 13.8 Å². The van der Waals surface area contributed by atoms with E-state index in [1.807, 2.05) is 19.9 Å². The number of aliphatic carboxylic acids is 1. The fraction of sp³-hybridized carbons (Fsp3) is 0.267. The third-order valence-corrected chi connectivity index (χ3v) is 3.51. The van der Waals surface area contributed by atoms with Crippen LogP contribution in [0.4, 0.5) is 0 Å². The molecule has 1 aromatic heterocycles. The number of carbonyl (C=O) groups excluding carboxylic acids is 1. The first kappa shape index (κ1) is 16.0. The Hall–Kier alpha value is -2.34. The zero-order chi connectivity index (χ0) is 16.3. The van der Waals surface area contributed by atoms with Gasteiger partial charge in [-0.1, -0.05) is 29.8 Å². The van der Waals surface area contributed by atoms with E-state index in [0.717, 1.165) is 11.4 Å². The van der Waals surface area contributed by atoms with Gasteiger partial charge < -0.3 is 10.4 Å². The Morgan fingerprint density at radius 3 is 2.59 bits per heavy atom. The average Bonchev–Trinajstić information content (AvgIpc) is 2.75. The molecule has 0 radical (unpaired) electrons. The minimum absolute atomic E-state index is 0.0477. The first-order valence-electron chi connectivity index (χ1n) is 6.66. The maximum Gasteiger partial charge on any atom is 0.330 e. The number of carbonyl (C=O) groups is 2. The summed E-state index contributed by atoms with van der Waals surface area (Å²) in [4.78, 5) is 23.5. The van der Waals surface area contributed by atoms with Crippen molar-refractivity contribution >= 4 is 23.5 Å². The lowest BCUT2D eigenvalue weighted by Gasteiger charge is -2.16. The molecule has 1 atom stereocenters. The van der Waals surface area contributed by atoms with Crippen LogP contribution in [0.2, 0.25) is 5.02 Å². The number of aromatic nitrogens is 2. The highest BCUT2D eigenvalue weighted by molar-refractivity contribution is 6.31. The molecule has 1 aromatic carbocycles. The molecule has 0 unspecified atom stereocenters. The van der Waals surface area contributed by atoms with Gasteiger partial charge in [0.05, 0.1) is 5.69 Å². The molecule has 2 aromatic rings.